The molecule has 0 radical (unpaired) electrons. The average Bonchev–Trinajstić information content (AvgIpc) is 3.00. The summed E-state index contributed by atoms with van der Waals surface area (Å²) < 4.78 is 5.58. The summed E-state index contributed by atoms with van der Waals surface area (Å²) in [7, 11) is 1.71. The zero-order chi connectivity index (χ0) is 28.2. The zero-order valence-corrected chi connectivity index (χ0v) is 24.6. The Bertz CT molecular complexity index is 1090. The fourth-order valence-corrected chi connectivity index (χ4v) is 5.87. The lowest BCUT2D eigenvalue weighted by molar-refractivity contribution is -0.116. The number of piperidine rings is 1. The Hall–Kier alpha value is -3.22. The van der Waals surface area contributed by atoms with Gasteiger partial charge in [0.1, 0.15) is 5.75 Å². The number of carbonyl (C=O) groups excluding carboxylic acids is 2. The number of ether oxygens (including phenoxy) is 1. The number of methoxy groups -OCH3 is 1. The molecule has 2 aromatic carbocycles. The predicted molar refractivity (Wildman–Crippen MR) is 165 cm³/mol. The first-order valence-electron chi connectivity index (χ1n) is 15.5. The van der Waals surface area contributed by atoms with Gasteiger partial charge in [-0.25, -0.2) is 0 Å². The Morgan fingerprint density at radius 3 is 2.12 bits per heavy atom. The molecule has 2 aliphatic rings. The minimum absolute atomic E-state index is 0.0307. The Morgan fingerprint density at radius 1 is 0.775 bits per heavy atom. The van der Waals surface area contributed by atoms with Crippen molar-refractivity contribution in [2.24, 2.45) is 0 Å². The molecule has 7 nitrogen and oxygen atoms in total. The van der Waals surface area contributed by atoms with Crippen molar-refractivity contribution in [1.82, 2.24) is 4.90 Å². The van der Waals surface area contributed by atoms with Crippen LogP contribution in [0.2, 0.25) is 0 Å². The highest BCUT2D eigenvalue weighted by molar-refractivity contribution is 6.02. The lowest BCUT2D eigenvalue weighted by Crippen LogP contribution is -2.47. The van der Waals surface area contributed by atoms with Crippen LogP contribution in [0.4, 0.5) is 17.1 Å². The molecule has 0 unspecified atom stereocenters. The van der Waals surface area contributed by atoms with Gasteiger partial charge in [-0.1, -0.05) is 57.6 Å². The fraction of sp³-hybridized carbons (Fsp3) is 0.576. The molecule has 2 heterocycles. The summed E-state index contributed by atoms with van der Waals surface area (Å²) in [4.78, 5) is 33.1. The molecule has 2 fully saturated rings. The molecule has 2 aromatic rings. The molecule has 1 N–H and O–H groups in total. The van der Waals surface area contributed by atoms with Gasteiger partial charge in [0.25, 0.3) is 5.91 Å². The first kappa shape index (κ1) is 29.8. The fourth-order valence-electron chi connectivity index (χ4n) is 5.87. The minimum Gasteiger partial charge on any atom is -0.495 e. The van der Waals surface area contributed by atoms with Gasteiger partial charge in [-0.3, -0.25) is 9.59 Å². The van der Waals surface area contributed by atoms with Gasteiger partial charge in [-0.2, -0.15) is 0 Å². The number of para-hydroxylation sites is 2. The van der Waals surface area contributed by atoms with Gasteiger partial charge in [0, 0.05) is 57.1 Å². The van der Waals surface area contributed by atoms with E-state index in [1.165, 1.54) is 38.5 Å². The van der Waals surface area contributed by atoms with Crippen molar-refractivity contribution >= 4 is 28.9 Å². The smallest absolute Gasteiger partial charge is 0.256 e. The standard InChI is InChI=1S/C33H48N4O3/c1-3-4-5-6-7-8-10-17-32(38)34-27-18-19-29(28(26-27)33(39)37-20-13-9-14-21-37)35-22-24-36(25-23-35)30-15-11-12-16-31(30)40-2/h11-12,15-16,18-19,26H,3-10,13-14,17,20-25H2,1-2H3,(H,34,38). The van der Waals surface area contributed by atoms with E-state index in [0.29, 0.717) is 17.7 Å². The number of carbonyl (C=O) groups is 2. The SMILES string of the molecule is CCCCCCCCCC(=O)Nc1ccc(N2CCN(c3ccccc3OC)CC2)c(C(=O)N2CCCCC2)c1. The molecule has 0 aliphatic carbocycles. The Balaban J connectivity index is 1.42. The van der Waals surface area contributed by atoms with Crippen molar-refractivity contribution in [2.75, 3.05) is 61.5 Å². The van der Waals surface area contributed by atoms with Gasteiger partial charge in [-0.15, -0.1) is 0 Å². The third kappa shape index (κ3) is 8.15. The minimum atomic E-state index is 0.0307. The van der Waals surface area contributed by atoms with Gasteiger partial charge in [-0.05, 0) is 56.0 Å². The van der Waals surface area contributed by atoms with Crippen molar-refractivity contribution in [3.05, 3.63) is 48.0 Å². The normalized spacial score (nSPS) is 15.7. The summed E-state index contributed by atoms with van der Waals surface area (Å²) >= 11 is 0. The number of rotatable bonds is 13. The maximum absolute atomic E-state index is 13.7. The lowest BCUT2D eigenvalue weighted by atomic mass is 10.0. The predicted octanol–water partition coefficient (Wildman–Crippen LogP) is 6.73. The highest BCUT2D eigenvalue weighted by Crippen LogP contribution is 2.32. The van der Waals surface area contributed by atoms with E-state index in [2.05, 4.69) is 28.1 Å². The maximum Gasteiger partial charge on any atom is 0.256 e. The largest absolute Gasteiger partial charge is 0.495 e. The average molecular weight is 549 g/mol. The van der Waals surface area contributed by atoms with E-state index in [4.69, 9.17) is 4.74 Å². The van der Waals surface area contributed by atoms with Gasteiger partial charge in [0.05, 0.1) is 18.4 Å². The Morgan fingerprint density at radius 2 is 1.43 bits per heavy atom. The Labute approximate surface area is 240 Å². The van der Waals surface area contributed by atoms with E-state index < -0.39 is 0 Å². The first-order valence-corrected chi connectivity index (χ1v) is 15.5. The third-order valence-electron chi connectivity index (χ3n) is 8.21. The molecule has 4 rings (SSSR count). The van der Waals surface area contributed by atoms with Crippen LogP contribution in [0.3, 0.4) is 0 Å². The molecule has 40 heavy (non-hydrogen) atoms. The van der Waals surface area contributed by atoms with Gasteiger partial charge >= 0.3 is 0 Å². The summed E-state index contributed by atoms with van der Waals surface area (Å²) in [6, 6.07) is 14.0. The molecule has 0 spiro atoms. The topological polar surface area (TPSA) is 65.1 Å². The highest BCUT2D eigenvalue weighted by Gasteiger charge is 2.26. The summed E-state index contributed by atoms with van der Waals surface area (Å²) in [6.07, 6.45) is 12.1. The van der Waals surface area contributed by atoms with Crippen LogP contribution in [-0.4, -0.2) is 63.1 Å². The summed E-state index contributed by atoms with van der Waals surface area (Å²) in [5, 5.41) is 3.07. The van der Waals surface area contributed by atoms with E-state index in [9.17, 15) is 9.59 Å². The second-order valence-electron chi connectivity index (χ2n) is 11.2. The molecule has 0 aromatic heterocycles. The Kier molecular flexibility index (Phi) is 11.6. The van der Waals surface area contributed by atoms with Crippen LogP contribution in [-0.2, 0) is 4.79 Å². The molecule has 0 atom stereocenters. The van der Waals surface area contributed by atoms with E-state index >= 15 is 0 Å². The van der Waals surface area contributed by atoms with Gasteiger partial charge < -0.3 is 24.8 Å². The van der Waals surface area contributed by atoms with E-state index in [-0.39, 0.29) is 11.8 Å². The van der Waals surface area contributed by atoms with Crippen LogP contribution in [0.5, 0.6) is 5.75 Å². The van der Waals surface area contributed by atoms with Crippen molar-refractivity contribution in [3.63, 3.8) is 0 Å². The number of benzene rings is 2. The number of nitrogens with one attached hydrogen (secondary N) is 1. The number of amides is 2. The number of anilines is 3. The molecule has 2 saturated heterocycles. The van der Waals surface area contributed by atoms with Crippen molar-refractivity contribution in [2.45, 2.75) is 77.6 Å². The van der Waals surface area contributed by atoms with Crippen LogP contribution in [0.1, 0.15) is 87.9 Å². The van der Waals surface area contributed by atoms with E-state index in [1.807, 2.05) is 41.3 Å². The van der Waals surface area contributed by atoms with Crippen molar-refractivity contribution in [1.29, 1.82) is 0 Å². The van der Waals surface area contributed by atoms with Crippen molar-refractivity contribution < 1.29 is 14.3 Å². The number of unbranched alkanes of at least 4 members (excludes halogenated alkanes) is 6. The molecular weight excluding hydrogens is 500 g/mol. The quantitative estimate of drug-likeness (QED) is 0.281. The van der Waals surface area contributed by atoms with E-state index in [1.54, 1.807) is 7.11 Å². The number of hydrogen-bond donors (Lipinski definition) is 1. The lowest BCUT2D eigenvalue weighted by Gasteiger charge is -2.39. The summed E-state index contributed by atoms with van der Waals surface area (Å²) in [6.45, 7) is 7.13. The van der Waals surface area contributed by atoms with Gasteiger partial charge in [0.15, 0.2) is 0 Å². The molecule has 7 heteroatoms. The molecule has 0 saturated carbocycles. The van der Waals surface area contributed by atoms with Crippen LogP contribution in [0.15, 0.2) is 42.5 Å². The van der Waals surface area contributed by atoms with Gasteiger partial charge in [0.2, 0.25) is 5.91 Å². The number of nitrogens with zero attached hydrogens (tertiary/aromatic N) is 3. The second kappa shape index (κ2) is 15.5. The molecular formula is C33H48N4O3. The number of hydrogen-bond acceptors (Lipinski definition) is 5. The molecule has 2 aliphatic heterocycles. The molecule has 0 bridgehead atoms. The number of piperazine rings is 1. The van der Waals surface area contributed by atoms with Crippen LogP contribution < -0.4 is 19.9 Å². The third-order valence-corrected chi connectivity index (χ3v) is 8.21. The van der Waals surface area contributed by atoms with Crippen LogP contribution >= 0.6 is 0 Å². The van der Waals surface area contributed by atoms with Crippen molar-refractivity contribution in [3.8, 4) is 5.75 Å². The van der Waals surface area contributed by atoms with E-state index in [0.717, 1.165) is 82.1 Å². The highest BCUT2D eigenvalue weighted by atomic mass is 16.5. The number of likely N-dealkylation sites (tertiary alicyclic amines) is 1. The summed E-state index contributed by atoms with van der Waals surface area (Å²) in [5.74, 6) is 0.988. The molecule has 218 valence electrons. The second-order valence-corrected chi connectivity index (χ2v) is 11.2. The summed E-state index contributed by atoms with van der Waals surface area (Å²) in [5.41, 5.74) is 3.47. The molecule has 2 amide bonds. The van der Waals surface area contributed by atoms with Crippen LogP contribution in [0.25, 0.3) is 0 Å². The maximum atomic E-state index is 13.7. The first-order chi connectivity index (χ1) is 19.6. The monoisotopic (exact) mass is 548 g/mol. The van der Waals surface area contributed by atoms with Crippen LogP contribution in [0, 0.1) is 0 Å². The zero-order valence-electron chi connectivity index (χ0n) is 24.6.